The summed E-state index contributed by atoms with van der Waals surface area (Å²) in [6, 6.07) is 3.16. The molecule has 0 bridgehead atoms. The molecule has 1 aromatic heterocycles. The van der Waals surface area contributed by atoms with Gasteiger partial charge in [0.15, 0.2) is 5.13 Å². The van der Waals surface area contributed by atoms with E-state index in [1.165, 1.54) is 35.8 Å². The van der Waals surface area contributed by atoms with Gasteiger partial charge in [0.05, 0.1) is 5.69 Å². The van der Waals surface area contributed by atoms with Crippen LogP contribution < -0.4 is 10.6 Å². The zero-order valence-electron chi connectivity index (χ0n) is 15.0. The Labute approximate surface area is 168 Å². The average molecular weight is 418 g/mol. The molecular formula is C19H16F2N4O3S. The number of nitrogens with zero attached hydrogens (tertiary/aromatic N) is 2. The first-order valence-electron chi connectivity index (χ1n) is 8.63. The van der Waals surface area contributed by atoms with Crippen molar-refractivity contribution in [1.82, 2.24) is 10.3 Å². The first-order valence-corrected chi connectivity index (χ1v) is 9.51. The minimum atomic E-state index is -0.981. The predicted octanol–water partition coefficient (Wildman–Crippen LogP) is 2.39. The molecule has 2 aromatic rings. The van der Waals surface area contributed by atoms with Gasteiger partial charge in [0.25, 0.3) is 5.91 Å². The molecule has 0 saturated heterocycles. The Morgan fingerprint density at radius 2 is 2.07 bits per heavy atom. The normalized spacial score (nSPS) is 15.4. The second-order valence-electron chi connectivity index (χ2n) is 6.12. The van der Waals surface area contributed by atoms with Crippen LogP contribution in [0.3, 0.4) is 0 Å². The molecule has 150 valence electrons. The van der Waals surface area contributed by atoms with Gasteiger partial charge >= 0.3 is 0 Å². The fourth-order valence-electron chi connectivity index (χ4n) is 2.49. The smallest absolute Gasteiger partial charge is 0.262 e. The van der Waals surface area contributed by atoms with Crippen molar-refractivity contribution in [3.63, 3.8) is 0 Å². The quantitative estimate of drug-likeness (QED) is 0.675. The van der Waals surface area contributed by atoms with E-state index >= 15 is 0 Å². The summed E-state index contributed by atoms with van der Waals surface area (Å²) in [5, 5.41) is 7.13. The second-order valence-corrected chi connectivity index (χ2v) is 6.98. The molecule has 29 heavy (non-hydrogen) atoms. The molecular weight excluding hydrogens is 402 g/mol. The van der Waals surface area contributed by atoms with Crippen LogP contribution in [0.25, 0.3) is 0 Å². The van der Waals surface area contributed by atoms with Crippen LogP contribution in [0.4, 0.5) is 13.9 Å². The number of amides is 3. The zero-order valence-corrected chi connectivity index (χ0v) is 15.8. The van der Waals surface area contributed by atoms with Crippen molar-refractivity contribution in [2.75, 3.05) is 5.32 Å². The van der Waals surface area contributed by atoms with Gasteiger partial charge in [-0.1, -0.05) is 12.1 Å². The van der Waals surface area contributed by atoms with Crippen LogP contribution in [0.2, 0.25) is 0 Å². The number of hydrogen-bond donors (Lipinski definition) is 2. The molecule has 7 nitrogen and oxygen atoms in total. The van der Waals surface area contributed by atoms with Gasteiger partial charge in [0.2, 0.25) is 11.8 Å². The van der Waals surface area contributed by atoms with Crippen molar-refractivity contribution in [3.05, 3.63) is 58.6 Å². The Hall–Kier alpha value is -3.27. The summed E-state index contributed by atoms with van der Waals surface area (Å²) < 4.78 is 26.4. The SMILES string of the molecule is O=C(CCc1csc(NC(=O)C2C=CC=NC2=O)n1)NCc1ccc(F)cc1F. The Morgan fingerprint density at radius 1 is 1.24 bits per heavy atom. The minimum Gasteiger partial charge on any atom is -0.352 e. The van der Waals surface area contributed by atoms with Gasteiger partial charge < -0.3 is 10.6 Å². The lowest BCUT2D eigenvalue weighted by molar-refractivity contribution is -0.128. The van der Waals surface area contributed by atoms with Gasteiger partial charge in [-0.2, -0.15) is 0 Å². The minimum absolute atomic E-state index is 0.0469. The molecule has 2 heterocycles. The van der Waals surface area contributed by atoms with Crippen LogP contribution in [0.15, 0.2) is 40.7 Å². The van der Waals surface area contributed by atoms with Crippen molar-refractivity contribution in [2.24, 2.45) is 10.9 Å². The van der Waals surface area contributed by atoms with Crippen molar-refractivity contribution in [2.45, 2.75) is 19.4 Å². The molecule has 0 spiro atoms. The molecule has 0 radical (unpaired) electrons. The molecule has 3 amide bonds. The lowest BCUT2D eigenvalue weighted by Gasteiger charge is -2.09. The number of thiazole rings is 1. The summed E-state index contributed by atoms with van der Waals surface area (Å²) in [7, 11) is 0. The Bertz CT molecular complexity index is 1000. The summed E-state index contributed by atoms with van der Waals surface area (Å²) in [5.41, 5.74) is 0.783. The standard InChI is InChI=1S/C19H16F2N4O3S/c20-12-4-3-11(15(21)8-12)9-23-16(26)6-5-13-10-29-19(24-13)25-18(28)14-2-1-7-22-17(14)27/h1-4,7-8,10,14H,5-6,9H2,(H,23,26)(H,24,25,28). The maximum absolute atomic E-state index is 13.6. The first kappa shape index (κ1) is 20.5. The molecule has 1 atom stereocenters. The molecule has 1 aromatic carbocycles. The van der Waals surface area contributed by atoms with E-state index in [0.717, 1.165) is 12.1 Å². The highest BCUT2D eigenvalue weighted by Crippen LogP contribution is 2.18. The molecule has 2 N–H and O–H groups in total. The zero-order chi connectivity index (χ0) is 20.8. The van der Waals surface area contributed by atoms with E-state index in [0.29, 0.717) is 17.2 Å². The van der Waals surface area contributed by atoms with Crippen LogP contribution in [0, 0.1) is 17.6 Å². The highest BCUT2D eigenvalue weighted by Gasteiger charge is 2.25. The fourth-order valence-corrected chi connectivity index (χ4v) is 3.24. The molecule has 1 aliphatic heterocycles. The van der Waals surface area contributed by atoms with Crippen LogP contribution in [-0.4, -0.2) is 28.9 Å². The maximum atomic E-state index is 13.6. The number of hydrogen-bond acceptors (Lipinski definition) is 5. The van der Waals surface area contributed by atoms with E-state index in [4.69, 9.17) is 0 Å². The number of halogens is 2. The van der Waals surface area contributed by atoms with Gasteiger partial charge in [-0.15, -0.1) is 11.3 Å². The highest BCUT2D eigenvalue weighted by atomic mass is 32.1. The first-order chi connectivity index (χ1) is 13.9. The van der Waals surface area contributed by atoms with Crippen LogP contribution in [-0.2, 0) is 27.3 Å². The highest BCUT2D eigenvalue weighted by molar-refractivity contribution is 7.13. The molecule has 1 aliphatic rings. The van der Waals surface area contributed by atoms with Crippen molar-refractivity contribution in [1.29, 1.82) is 0 Å². The summed E-state index contributed by atoms with van der Waals surface area (Å²) in [6.07, 6.45) is 4.72. The third-order valence-corrected chi connectivity index (χ3v) is 4.83. The molecule has 0 saturated carbocycles. The van der Waals surface area contributed by atoms with Crippen LogP contribution >= 0.6 is 11.3 Å². The lowest BCUT2D eigenvalue weighted by Crippen LogP contribution is -2.28. The van der Waals surface area contributed by atoms with E-state index in [-0.39, 0.29) is 24.4 Å². The van der Waals surface area contributed by atoms with Crippen molar-refractivity contribution in [3.8, 4) is 0 Å². The average Bonchev–Trinajstić information content (AvgIpc) is 3.13. The number of aryl methyl sites for hydroxylation is 1. The molecule has 0 fully saturated rings. The number of anilines is 1. The number of aliphatic imine (C=N–C) groups is 1. The van der Waals surface area contributed by atoms with Gasteiger partial charge in [0.1, 0.15) is 17.6 Å². The maximum Gasteiger partial charge on any atom is 0.262 e. The van der Waals surface area contributed by atoms with Gasteiger partial charge in [0, 0.05) is 36.2 Å². The third-order valence-electron chi connectivity index (χ3n) is 4.02. The number of rotatable bonds is 7. The summed E-state index contributed by atoms with van der Waals surface area (Å²) in [5.74, 6) is -3.77. The second kappa shape index (κ2) is 9.28. The number of carbonyl (C=O) groups excluding carboxylic acids is 3. The lowest BCUT2D eigenvalue weighted by atomic mass is 10.1. The monoisotopic (exact) mass is 418 g/mol. The fraction of sp³-hybridized carbons (Fsp3) is 0.211. The number of aromatic nitrogens is 1. The molecule has 0 aliphatic carbocycles. The molecule has 1 unspecified atom stereocenters. The van der Waals surface area contributed by atoms with Gasteiger partial charge in [-0.3, -0.25) is 14.4 Å². The summed E-state index contributed by atoms with van der Waals surface area (Å²) in [4.78, 5) is 43.4. The Kier molecular flexibility index (Phi) is 6.55. The largest absolute Gasteiger partial charge is 0.352 e. The Morgan fingerprint density at radius 3 is 2.83 bits per heavy atom. The summed E-state index contributed by atoms with van der Waals surface area (Å²) >= 11 is 1.17. The van der Waals surface area contributed by atoms with Crippen molar-refractivity contribution < 1.29 is 23.2 Å². The third kappa shape index (κ3) is 5.61. The van der Waals surface area contributed by atoms with Crippen LogP contribution in [0.5, 0.6) is 0 Å². The number of dihydropyridines is 1. The molecule has 3 rings (SSSR count). The Balaban J connectivity index is 1.45. The topological polar surface area (TPSA) is 101 Å². The number of nitrogens with one attached hydrogen (secondary N) is 2. The van der Waals surface area contributed by atoms with Crippen LogP contribution in [0.1, 0.15) is 17.7 Å². The van der Waals surface area contributed by atoms with E-state index in [2.05, 4.69) is 20.6 Å². The number of allylic oxidation sites excluding steroid dienone is 1. The number of benzene rings is 1. The molecule has 10 heteroatoms. The van der Waals surface area contributed by atoms with Crippen molar-refractivity contribution >= 4 is 40.4 Å². The van der Waals surface area contributed by atoms with Gasteiger partial charge in [-0.05, 0) is 18.6 Å². The predicted molar refractivity (Wildman–Crippen MR) is 103 cm³/mol. The van der Waals surface area contributed by atoms with Gasteiger partial charge in [-0.25, -0.2) is 18.8 Å². The van der Waals surface area contributed by atoms with E-state index in [1.807, 2.05) is 0 Å². The van der Waals surface area contributed by atoms with E-state index in [1.54, 1.807) is 5.38 Å². The number of carbonyl (C=O) groups is 3. The van der Waals surface area contributed by atoms with E-state index < -0.39 is 29.4 Å². The summed E-state index contributed by atoms with van der Waals surface area (Å²) in [6.45, 7) is -0.0469. The van der Waals surface area contributed by atoms with E-state index in [9.17, 15) is 23.2 Å².